The summed E-state index contributed by atoms with van der Waals surface area (Å²) in [6.07, 6.45) is -1.16. The molecule has 4 nitrogen and oxygen atoms in total. The topological polar surface area (TPSA) is 39.7 Å². The van der Waals surface area contributed by atoms with Crippen LogP contribution in [0.1, 0.15) is 37.2 Å². The van der Waals surface area contributed by atoms with Crippen molar-refractivity contribution in [3.63, 3.8) is 0 Å². The van der Waals surface area contributed by atoms with Crippen molar-refractivity contribution in [3.8, 4) is 0 Å². The summed E-state index contributed by atoms with van der Waals surface area (Å²) in [5.41, 5.74) is 0.117. The lowest BCUT2D eigenvalue weighted by Crippen LogP contribution is -2.42. The fourth-order valence-electron chi connectivity index (χ4n) is 3.99. The van der Waals surface area contributed by atoms with E-state index in [2.05, 4.69) is 15.6 Å². The average Bonchev–Trinajstić information content (AvgIpc) is 3.39. The Morgan fingerprint density at radius 2 is 1.83 bits per heavy atom. The minimum absolute atomic E-state index is 0.0711. The van der Waals surface area contributed by atoms with E-state index in [1.807, 2.05) is 0 Å². The van der Waals surface area contributed by atoms with Crippen molar-refractivity contribution >= 4 is 5.96 Å². The zero-order valence-electron chi connectivity index (χ0n) is 16.4. The number of likely N-dealkylation sites (tertiary alicyclic amines) is 1. The first kappa shape index (κ1) is 21.8. The van der Waals surface area contributed by atoms with Crippen LogP contribution in [-0.4, -0.2) is 56.3 Å². The summed E-state index contributed by atoms with van der Waals surface area (Å²) in [6, 6.07) is 3.81. The van der Waals surface area contributed by atoms with E-state index < -0.39 is 24.4 Å². The van der Waals surface area contributed by atoms with Crippen LogP contribution in [0.5, 0.6) is 0 Å². The molecule has 0 aromatic heterocycles. The highest BCUT2D eigenvalue weighted by Gasteiger charge is 2.42. The number of piperidine rings is 1. The fraction of sp³-hybridized carbons (Fsp3) is 0.650. The normalized spacial score (nSPS) is 23.9. The second-order valence-corrected chi connectivity index (χ2v) is 7.85. The molecule has 1 aliphatic carbocycles. The molecular weight excluding hydrogens is 391 g/mol. The Labute approximate surface area is 167 Å². The van der Waals surface area contributed by atoms with Gasteiger partial charge in [-0.15, -0.1) is 0 Å². The van der Waals surface area contributed by atoms with E-state index in [-0.39, 0.29) is 17.5 Å². The van der Waals surface area contributed by atoms with Gasteiger partial charge in [0.15, 0.2) is 5.96 Å². The van der Waals surface area contributed by atoms with Crippen LogP contribution in [0.4, 0.5) is 22.0 Å². The molecule has 1 saturated carbocycles. The van der Waals surface area contributed by atoms with Crippen molar-refractivity contribution in [3.05, 3.63) is 35.4 Å². The van der Waals surface area contributed by atoms with Gasteiger partial charge in [0.25, 0.3) is 0 Å². The lowest BCUT2D eigenvalue weighted by Gasteiger charge is -2.32. The average molecular weight is 418 g/mol. The summed E-state index contributed by atoms with van der Waals surface area (Å²) in [6.45, 7) is 0.749. The number of halogens is 5. The smallest absolute Gasteiger partial charge is 0.356 e. The molecule has 3 rings (SSSR count). The first-order valence-corrected chi connectivity index (χ1v) is 9.97. The molecule has 29 heavy (non-hydrogen) atoms. The molecule has 0 amide bonds. The van der Waals surface area contributed by atoms with E-state index in [1.54, 1.807) is 7.05 Å². The van der Waals surface area contributed by atoms with Crippen LogP contribution in [0.2, 0.25) is 0 Å². The van der Waals surface area contributed by atoms with E-state index in [1.165, 1.54) is 23.1 Å². The number of nitrogens with zero attached hydrogens (tertiary/aromatic N) is 2. The molecule has 0 spiro atoms. The molecule has 0 radical (unpaired) electrons. The Morgan fingerprint density at radius 1 is 1.17 bits per heavy atom. The predicted molar refractivity (Wildman–Crippen MR) is 102 cm³/mol. The summed E-state index contributed by atoms with van der Waals surface area (Å²) < 4.78 is 65.1. The Kier molecular flexibility index (Phi) is 6.97. The molecule has 2 unspecified atom stereocenters. The van der Waals surface area contributed by atoms with Crippen LogP contribution in [0.3, 0.4) is 0 Å². The number of guanidine groups is 1. The zero-order valence-corrected chi connectivity index (χ0v) is 16.4. The van der Waals surface area contributed by atoms with Gasteiger partial charge in [0, 0.05) is 31.1 Å². The number of hydrogen-bond acceptors (Lipinski definition) is 2. The highest BCUT2D eigenvalue weighted by atomic mass is 19.4. The molecule has 1 aliphatic heterocycles. The molecule has 2 N–H and O–H groups in total. The maximum Gasteiger partial charge on any atom is 0.401 e. The van der Waals surface area contributed by atoms with Gasteiger partial charge in [0.1, 0.15) is 11.6 Å². The number of aliphatic imine (C=N–C) groups is 1. The summed E-state index contributed by atoms with van der Waals surface area (Å²) >= 11 is 0. The number of rotatable bonds is 6. The number of alkyl halides is 3. The van der Waals surface area contributed by atoms with Gasteiger partial charge in [-0.2, -0.15) is 13.2 Å². The second-order valence-electron chi connectivity index (χ2n) is 7.85. The van der Waals surface area contributed by atoms with Crippen LogP contribution < -0.4 is 10.6 Å². The molecule has 9 heteroatoms. The van der Waals surface area contributed by atoms with Crippen LogP contribution in [0.15, 0.2) is 23.2 Å². The van der Waals surface area contributed by atoms with Crippen molar-refractivity contribution < 1.29 is 22.0 Å². The Morgan fingerprint density at radius 3 is 2.41 bits per heavy atom. The van der Waals surface area contributed by atoms with E-state index in [4.69, 9.17) is 0 Å². The Hall–Kier alpha value is -1.90. The van der Waals surface area contributed by atoms with Gasteiger partial charge >= 0.3 is 6.18 Å². The van der Waals surface area contributed by atoms with E-state index in [0.29, 0.717) is 37.9 Å². The van der Waals surface area contributed by atoms with Gasteiger partial charge in [-0.1, -0.05) is 6.07 Å². The molecule has 1 heterocycles. The van der Waals surface area contributed by atoms with Gasteiger partial charge < -0.3 is 10.6 Å². The highest BCUT2D eigenvalue weighted by molar-refractivity contribution is 5.80. The first-order valence-electron chi connectivity index (χ1n) is 9.97. The third-order valence-electron chi connectivity index (χ3n) is 5.66. The highest BCUT2D eigenvalue weighted by Crippen LogP contribution is 2.43. The predicted octanol–water partition coefficient (Wildman–Crippen LogP) is 3.65. The summed E-state index contributed by atoms with van der Waals surface area (Å²) in [7, 11) is 1.63. The SMILES string of the molecule is CN=C(NCCC1CCN(CC(F)(F)F)CC1)NC1CC1c1c(F)cccc1F. The minimum atomic E-state index is -4.14. The Bertz CT molecular complexity index is 693. The minimum Gasteiger partial charge on any atom is -0.356 e. The van der Waals surface area contributed by atoms with Crippen LogP contribution in [0.25, 0.3) is 0 Å². The number of nitrogens with one attached hydrogen (secondary N) is 2. The number of hydrogen-bond donors (Lipinski definition) is 2. The van der Waals surface area contributed by atoms with E-state index in [9.17, 15) is 22.0 Å². The summed E-state index contributed by atoms with van der Waals surface area (Å²) in [4.78, 5) is 5.61. The Balaban J connectivity index is 1.37. The molecule has 1 aromatic carbocycles. The second kappa shape index (κ2) is 9.28. The molecule has 2 fully saturated rings. The van der Waals surface area contributed by atoms with Gasteiger partial charge in [-0.05, 0) is 56.8 Å². The maximum atomic E-state index is 13.9. The zero-order chi connectivity index (χ0) is 21.0. The maximum absolute atomic E-state index is 13.9. The van der Waals surface area contributed by atoms with Gasteiger partial charge in [0.2, 0.25) is 0 Å². The monoisotopic (exact) mass is 418 g/mol. The van der Waals surface area contributed by atoms with Crippen LogP contribution >= 0.6 is 0 Å². The standard InChI is InChI=1S/C20H27F5N4/c1-26-19(28-17-11-14(17)18-15(21)3-2-4-16(18)22)27-8-5-13-6-9-29(10-7-13)12-20(23,24)25/h2-4,13-14,17H,5-12H2,1H3,(H2,26,27,28). The fourth-order valence-corrected chi connectivity index (χ4v) is 3.99. The molecule has 1 saturated heterocycles. The molecule has 1 aromatic rings. The van der Waals surface area contributed by atoms with Crippen molar-refractivity contribution in [1.29, 1.82) is 0 Å². The third kappa shape index (κ3) is 6.29. The molecule has 0 bridgehead atoms. The van der Waals surface area contributed by atoms with Crippen molar-refractivity contribution in [2.75, 3.05) is 33.2 Å². The summed E-state index contributed by atoms with van der Waals surface area (Å²) in [5, 5.41) is 6.38. The summed E-state index contributed by atoms with van der Waals surface area (Å²) in [5.74, 6) is -0.319. The van der Waals surface area contributed by atoms with Crippen molar-refractivity contribution in [2.24, 2.45) is 10.9 Å². The van der Waals surface area contributed by atoms with Crippen LogP contribution in [-0.2, 0) is 0 Å². The lowest BCUT2D eigenvalue weighted by molar-refractivity contribution is -0.148. The molecule has 2 aliphatic rings. The largest absolute Gasteiger partial charge is 0.401 e. The molecule has 162 valence electrons. The van der Waals surface area contributed by atoms with Gasteiger partial charge in [0.05, 0.1) is 6.54 Å². The number of benzene rings is 1. The van der Waals surface area contributed by atoms with E-state index >= 15 is 0 Å². The lowest BCUT2D eigenvalue weighted by atomic mass is 9.93. The van der Waals surface area contributed by atoms with E-state index in [0.717, 1.165) is 19.3 Å². The van der Waals surface area contributed by atoms with Crippen LogP contribution in [0, 0.1) is 17.6 Å². The van der Waals surface area contributed by atoms with Gasteiger partial charge in [-0.25, -0.2) is 8.78 Å². The first-order chi connectivity index (χ1) is 13.8. The van der Waals surface area contributed by atoms with Crippen molar-refractivity contribution in [2.45, 2.75) is 43.8 Å². The molecule has 2 atom stereocenters. The quantitative estimate of drug-likeness (QED) is 0.421. The third-order valence-corrected chi connectivity index (χ3v) is 5.66. The van der Waals surface area contributed by atoms with Gasteiger partial charge in [-0.3, -0.25) is 9.89 Å². The van der Waals surface area contributed by atoms with Crippen molar-refractivity contribution in [1.82, 2.24) is 15.5 Å². The molecular formula is C20H27F5N4.